The lowest BCUT2D eigenvalue weighted by atomic mass is 10.1. The molecular weight excluding hydrogens is 335 g/mol. The van der Waals surface area contributed by atoms with Gasteiger partial charge in [-0.2, -0.15) is 5.26 Å². The number of fused-ring (bicyclic) bond motifs is 1. The second-order valence-corrected chi connectivity index (χ2v) is 6.05. The quantitative estimate of drug-likeness (QED) is 0.618. The highest BCUT2D eigenvalue weighted by Crippen LogP contribution is 2.31. The SMILES string of the molecule is N#Cc1c(F)cccc1NCCNC(=O)NC1c2ccccc2CC1O. The Hall–Kier alpha value is -3.11. The van der Waals surface area contributed by atoms with Gasteiger partial charge in [-0.1, -0.05) is 30.3 Å². The molecular formula is C19H19FN4O2. The molecule has 0 saturated heterocycles. The number of nitriles is 1. The molecule has 7 heteroatoms. The molecule has 3 rings (SSSR count). The molecule has 0 saturated carbocycles. The van der Waals surface area contributed by atoms with Crippen LogP contribution in [0, 0.1) is 17.1 Å². The summed E-state index contributed by atoms with van der Waals surface area (Å²) in [6.07, 6.45) is -0.138. The van der Waals surface area contributed by atoms with Crippen LogP contribution in [0.5, 0.6) is 0 Å². The molecule has 0 spiro atoms. The number of aliphatic hydroxyl groups excluding tert-OH is 1. The summed E-state index contributed by atoms with van der Waals surface area (Å²) in [5, 5.41) is 27.5. The van der Waals surface area contributed by atoms with E-state index in [1.807, 2.05) is 30.3 Å². The lowest BCUT2D eigenvalue weighted by Crippen LogP contribution is -2.42. The van der Waals surface area contributed by atoms with E-state index in [9.17, 15) is 14.3 Å². The minimum absolute atomic E-state index is 0.0531. The monoisotopic (exact) mass is 354 g/mol. The van der Waals surface area contributed by atoms with E-state index in [0.717, 1.165) is 11.1 Å². The van der Waals surface area contributed by atoms with Gasteiger partial charge in [0.25, 0.3) is 0 Å². The van der Waals surface area contributed by atoms with Crippen LogP contribution < -0.4 is 16.0 Å². The second-order valence-electron chi connectivity index (χ2n) is 6.05. The normalized spacial score (nSPS) is 17.9. The van der Waals surface area contributed by atoms with Crippen molar-refractivity contribution >= 4 is 11.7 Å². The maximum Gasteiger partial charge on any atom is 0.315 e. The van der Waals surface area contributed by atoms with Gasteiger partial charge in [-0.3, -0.25) is 0 Å². The second kappa shape index (κ2) is 7.85. The minimum atomic E-state index is -0.651. The smallest absolute Gasteiger partial charge is 0.315 e. The number of benzene rings is 2. The largest absolute Gasteiger partial charge is 0.390 e. The number of anilines is 1. The van der Waals surface area contributed by atoms with E-state index in [0.29, 0.717) is 18.7 Å². The van der Waals surface area contributed by atoms with E-state index in [-0.39, 0.29) is 12.1 Å². The number of nitrogens with zero attached hydrogens (tertiary/aromatic N) is 1. The third-order valence-corrected chi connectivity index (χ3v) is 4.34. The molecule has 6 nitrogen and oxygen atoms in total. The predicted octanol–water partition coefficient (Wildman–Crippen LogP) is 2.07. The number of amides is 2. The Balaban J connectivity index is 1.49. The number of rotatable bonds is 5. The predicted molar refractivity (Wildman–Crippen MR) is 95.0 cm³/mol. The minimum Gasteiger partial charge on any atom is -0.390 e. The summed E-state index contributed by atoms with van der Waals surface area (Å²) in [5.74, 6) is -0.586. The van der Waals surface area contributed by atoms with Gasteiger partial charge in [0.15, 0.2) is 0 Å². The maximum atomic E-state index is 13.5. The van der Waals surface area contributed by atoms with Gasteiger partial charge in [0.2, 0.25) is 0 Å². The third kappa shape index (κ3) is 3.76. The molecule has 0 aliphatic heterocycles. The number of halogens is 1. The topological polar surface area (TPSA) is 97.2 Å². The number of aliphatic hydroxyl groups is 1. The average Bonchev–Trinajstić information content (AvgIpc) is 2.94. The number of nitrogens with one attached hydrogen (secondary N) is 3. The van der Waals surface area contributed by atoms with E-state index in [4.69, 9.17) is 5.26 Å². The Morgan fingerprint density at radius 2 is 2.04 bits per heavy atom. The molecule has 1 aliphatic rings. The highest BCUT2D eigenvalue weighted by molar-refractivity contribution is 5.75. The van der Waals surface area contributed by atoms with Crippen LogP contribution in [0.4, 0.5) is 14.9 Å². The van der Waals surface area contributed by atoms with Gasteiger partial charge >= 0.3 is 6.03 Å². The molecule has 2 aromatic rings. The first-order valence-electron chi connectivity index (χ1n) is 8.33. The van der Waals surface area contributed by atoms with Crippen LogP contribution >= 0.6 is 0 Å². The fraction of sp³-hybridized carbons (Fsp3) is 0.263. The first kappa shape index (κ1) is 17.7. The van der Waals surface area contributed by atoms with Crippen molar-refractivity contribution in [3.63, 3.8) is 0 Å². The van der Waals surface area contributed by atoms with Gasteiger partial charge in [0.1, 0.15) is 17.4 Å². The van der Waals surface area contributed by atoms with Crippen LogP contribution in [-0.2, 0) is 6.42 Å². The Morgan fingerprint density at radius 1 is 1.23 bits per heavy atom. The van der Waals surface area contributed by atoms with Gasteiger partial charge in [0, 0.05) is 19.5 Å². The number of carbonyl (C=O) groups is 1. The zero-order valence-corrected chi connectivity index (χ0v) is 14.0. The van der Waals surface area contributed by atoms with E-state index in [1.165, 1.54) is 12.1 Å². The van der Waals surface area contributed by atoms with Crippen molar-refractivity contribution in [2.45, 2.75) is 18.6 Å². The highest BCUT2D eigenvalue weighted by atomic mass is 19.1. The van der Waals surface area contributed by atoms with Crippen LogP contribution in [-0.4, -0.2) is 30.3 Å². The van der Waals surface area contributed by atoms with Crippen LogP contribution in [0.25, 0.3) is 0 Å². The van der Waals surface area contributed by atoms with Crippen molar-refractivity contribution in [2.24, 2.45) is 0 Å². The molecule has 0 aromatic heterocycles. The van der Waals surface area contributed by atoms with Gasteiger partial charge in [-0.25, -0.2) is 9.18 Å². The van der Waals surface area contributed by atoms with E-state index in [2.05, 4.69) is 16.0 Å². The van der Waals surface area contributed by atoms with Gasteiger partial charge in [0.05, 0.1) is 17.8 Å². The van der Waals surface area contributed by atoms with Crippen LogP contribution in [0.3, 0.4) is 0 Å². The number of carbonyl (C=O) groups excluding carboxylic acids is 1. The van der Waals surface area contributed by atoms with Crippen molar-refractivity contribution in [3.8, 4) is 6.07 Å². The number of urea groups is 1. The summed E-state index contributed by atoms with van der Waals surface area (Å²) in [6, 6.07) is 12.9. The lowest BCUT2D eigenvalue weighted by Gasteiger charge is -2.18. The molecule has 2 unspecified atom stereocenters. The molecule has 0 fully saturated rings. The van der Waals surface area contributed by atoms with Crippen LogP contribution in [0.2, 0.25) is 0 Å². The highest BCUT2D eigenvalue weighted by Gasteiger charge is 2.31. The molecule has 0 bridgehead atoms. The summed E-state index contributed by atoms with van der Waals surface area (Å²) >= 11 is 0. The summed E-state index contributed by atoms with van der Waals surface area (Å²) < 4.78 is 13.5. The zero-order valence-electron chi connectivity index (χ0n) is 14.0. The molecule has 4 N–H and O–H groups in total. The molecule has 0 heterocycles. The number of hydrogen-bond donors (Lipinski definition) is 4. The molecule has 2 amide bonds. The Labute approximate surface area is 150 Å². The molecule has 0 radical (unpaired) electrons. The van der Waals surface area contributed by atoms with Crippen molar-refractivity contribution in [1.82, 2.24) is 10.6 Å². The summed E-state index contributed by atoms with van der Waals surface area (Å²) in [6.45, 7) is 0.604. The van der Waals surface area contributed by atoms with Crippen molar-refractivity contribution < 1.29 is 14.3 Å². The molecule has 1 aliphatic carbocycles. The zero-order chi connectivity index (χ0) is 18.5. The third-order valence-electron chi connectivity index (χ3n) is 4.34. The summed E-state index contributed by atoms with van der Waals surface area (Å²) in [5.41, 5.74) is 2.28. The lowest BCUT2D eigenvalue weighted by molar-refractivity contribution is 0.142. The standard InChI is InChI=1S/C19H19FN4O2/c20-15-6-3-7-16(14(15)11-21)22-8-9-23-19(26)24-18-13-5-2-1-4-12(13)10-17(18)25/h1-7,17-18,22,25H,8-10H2,(H2,23,24,26). The van der Waals surface area contributed by atoms with E-state index in [1.54, 1.807) is 6.07 Å². The van der Waals surface area contributed by atoms with Crippen LogP contribution in [0.1, 0.15) is 22.7 Å². The molecule has 2 aromatic carbocycles. The molecule has 2 atom stereocenters. The summed E-state index contributed by atoms with van der Waals surface area (Å²) in [7, 11) is 0. The first-order chi connectivity index (χ1) is 12.6. The average molecular weight is 354 g/mol. The van der Waals surface area contributed by atoms with E-state index >= 15 is 0 Å². The van der Waals surface area contributed by atoms with E-state index < -0.39 is 24.0 Å². The van der Waals surface area contributed by atoms with Crippen molar-refractivity contribution in [3.05, 3.63) is 65.0 Å². The molecule has 26 heavy (non-hydrogen) atoms. The van der Waals surface area contributed by atoms with Gasteiger partial charge < -0.3 is 21.1 Å². The maximum absolute atomic E-state index is 13.5. The van der Waals surface area contributed by atoms with Crippen molar-refractivity contribution in [2.75, 3.05) is 18.4 Å². The first-order valence-corrected chi connectivity index (χ1v) is 8.33. The number of hydrogen-bond acceptors (Lipinski definition) is 4. The van der Waals surface area contributed by atoms with Crippen LogP contribution in [0.15, 0.2) is 42.5 Å². The Kier molecular flexibility index (Phi) is 5.34. The van der Waals surface area contributed by atoms with Gasteiger partial charge in [-0.15, -0.1) is 0 Å². The summed E-state index contributed by atoms with van der Waals surface area (Å²) in [4.78, 5) is 12.1. The fourth-order valence-corrected chi connectivity index (χ4v) is 3.10. The van der Waals surface area contributed by atoms with Crippen molar-refractivity contribution in [1.29, 1.82) is 5.26 Å². The Bertz CT molecular complexity index is 850. The fourth-order valence-electron chi connectivity index (χ4n) is 3.10. The van der Waals surface area contributed by atoms with Gasteiger partial charge in [-0.05, 0) is 23.3 Å². The Morgan fingerprint density at radius 3 is 2.85 bits per heavy atom. The molecule has 134 valence electrons.